The highest BCUT2D eigenvalue weighted by Crippen LogP contribution is 2.28. The lowest BCUT2D eigenvalue weighted by Crippen LogP contribution is -2.35. The summed E-state index contributed by atoms with van der Waals surface area (Å²) in [6.45, 7) is 3.20. The van der Waals surface area contributed by atoms with Crippen molar-refractivity contribution in [3.05, 3.63) is 80.0 Å². The van der Waals surface area contributed by atoms with Crippen molar-refractivity contribution in [3.63, 3.8) is 0 Å². The fourth-order valence-electron chi connectivity index (χ4n) is 3.59. The average Bonchev–Trinajstić information content (AvgIpc) is 3.23. The van der Waals surface area contributed by atoms with E-state index in [1.165, 1.54) is 10.4 Å². The lowest BCUT2D eigenvalue weighted by molar-refractivity contribution is 0.0735. The third-order valence-corrected chi connectivity index (χ3v) is 7.40. The maximum absolute atomic E-state index is 13.2. The van der Waals surface area contributed by atoms with E-state index in [1.807, 2.05) is 36.3 Å². The van der Waals surface area contributed by atoms with Crippen LogP contribution in [0.3, 0.4) is 0 Å². The maximum atomic E-state index is 13.2. The van der Waals surface area contributed by atoms with Gasteiger partial charge in [-0.3, -0.25) is 9.59 Å². The van der Waals surface area contributed by atoms with E-state index in [9.17, 15) is 9.59 Å². The maximum Gasteiger partial charge on any atom is 0.257 e. The molecule has 0 spiro atoms. The van der Waals surface area contributed by atoms with Crippen LogP contribution in [0, 0.1) is 6.92 Å². The number of hydrogen-bond donors (Lipinski definition) is 1. The molecule has 154 valence electrons. The second-order valence-electron chi connectivity index (χ2n) is 7.12. The van der Waals surface area contributed by atoms with Crippen LogP contribution in [0.15, 0.2) is 52.7 Å². The Morgan fingerprint density at radius 1 is 1.17 bits per heavy atom. The lowest BCUT2D eigenvalue weighted by atomic mass is 10.0. The summed E-state index contributed by atoms with van der Waals surface area (Å²) < 4.78 is 0. The number of amides is 2. The molecule has 0 atom stereocenters. The molecule has 2 aromatic carbocycles. The van der Waals surface area contributed by atoms with Crippen molar-refractivity contribution in [1.82, 2.24) is 4.90 Å². The molecule has 0 radical (unpaired) electrons. The average molecular weight is 457 g/mol. The number of carbonyl (C=O) groups excluding carboxylic acids is 2. The number of nitrogens with one attached hydrogen (secondary N) is 1. The van der Waals surface area contributed by atoms with E-state index in [2.05, 4.69) is 16.8 Å². The Morgan fingerprint density at radius 3 is 2.80 bits per heavy atom. The number of carbonyl (C=O) groups is 2. The molecule has 7 heteroatoms. The molecule has 1 N–H and O–H groups in total. The van der Waals surface area contributed by atoms with Crippen LogP contribution in [0.1, 0.15) is 36.7 Å². The van der Waals surface area contributed by atoms with Gasteiger partial charge in [0.1, 0.15) is 0 Å². The van der Waals surface area contributed by atoms with Crippen LogP contribution in [-0.4, -0.2) is 29.5 Å². The Balaban J connectivity index is 1.56. The minimum Gasteiger partial charge on any atom is -0.334 e. The Labute approximate surface area is 189 Å². The fraction of sp³-hybridized carbons (Fsp3) is 0.217. The molecule has 2 heterocycles. The van der Waals surface area contributed by atoms with Gasteiger partial charge in [0.25, 0.3) is 11.8 Å². The fourth-order valence-corrected chi connectivity index (χ4v) is 5.12. The quantitative estimate of drug-likeness (QED) is 0.498. The van der Waals surface area contributed by atoms with Gasteiger partial charge in [-0.25, -0.2) is 0 Å². The Hall–Kier alpha value is -2.28. The minimum absolute atomic E-state index is 0.0112. The third-order valence-electron chi connectivity index (χ3n) is 5.33. The summed E-state index contributed by atoms with van der Waals surface area (Å²) in [5.41, 5.74) is 3.62. The lowest BCUT2D eigenvalue weighted by Gasteiger charge is -2.28. The number of fused-ring (bicyclic) bond motifs is 1. The molecular formula is C23H21ClN2O2S2. The topological polar surface area (TPSA) is 49.4 Å². The molecule has 1 aliphatic heterocycles. The summed E-state index contributed by atoms with van der Waals surface area (Å²) in [6, 6.07) is 12.9. The number of rotatable bonds is 4. The number of hydrogen-bond acceptors (Lipinski definition) is 4. The van der Waals surface area contributed by atoms with Crippen LogP contribution in [0.25, 0.3) is 0 Å². The van der Waals surface area contributed by atoms with Crippen molar-refractivity contribution in [2.45, 2.75) is 24.8 Å². The second kappa shape index (κ2) is 8.84. The number of anilines is 1. The van der Waals surface area contributed by atoms with E-state index in [1.54, 1.807) is 41.3 Å². The molecule has 1 aliphatic rings. The zero-order valence-electron chi connectivity index (χ0n) is 16.7. The van der Waals surface area contributed by atoms with E-state index in [0.717, 1.165) is 16.9 Å². The molecule has 4 nitrogen and oxygen atoms in total. The first kappa shape index (κ1) is 21.0. The van der Waals surface area contributed by atoms with Crippen LogP contribution >= 0.6 is 34.7 Å². The van der Waals surface area contributed by atoms with Gasteiger partial charge >= 0.3 is 0 Å². The van der Waals surface area contributed by atoms with Gasteiger partial charge in [-0.2, -0.15) is 0 Å². The molecule has 0 fully saturated rings. The van der Waals surface area contributed by atoms with Gasteiger partial charge in [0.15, 0.2) is 0 Å². The van der Waals surface area contributed by atoms with Crippen LogP contribution in [0.4, 0.5) is 5.69 Å². The number of benzene rings is 2. The molecule has 1 aromatic heterocycles. The van der Waals surface area contributed by atoms with Gasteiger partial charge in [0.05, 0.1) is 10.6 Å². The summed E-state index contributed by atoms with van der Waals surface area (Å²) in [7, 11) is 0. The van der Waals surface area contributed by atoms with Gasteiger partial charge in [0, 0.05) is 34.1 Å². The number of halogens is 1. The zero-order valence-corrected chi connectivity index (χ0v) is 19.1. The van der Waals surface area contributed by atoms with E-state index in [-0.39, 0.29) is 11.8 Å². The molecule has 2 amide bonds. The monoisotopic (exact) mass is 456 g/mol. The van der Waals surface area contributed by atoms with Gasteiger partial charge in [-0.15, -0.1) is 23.1 Å². The number of thiophene rings is 1. The van der Waals surface area contributed by atoms with Crippen LogP contribution in [-0.2, 0) is 13.0 Å². The standard InChI is InChI=1S/C23H21ClN2O2S2/c1-14-17(23(28)26-10-8-21-15(13-26)9-11-30-21)4-3-5-20(14)25-22(27)18-12-16(29-2)6-7-19(18)24/h3-7,9,11-12H,8,10,13H2,1-2H3,(H,25,27). The second-order valence-corrected chi connectivity index (χ2v) is 9.41. The Bertz CT molecular complexity index is 1130. The highest BCUT2D eigenvalue weighted by atomic mass is 35.5. The van der Waals surface area contributed by atoms with Gasteiger partial charge in [-0.05, 0) is 72.5 Å². The van der Waals surface area contributed by atoms with Gasteiger partial charge in [-0.1, -0.05) is 17.7 Å². The van der Waals surface area contributed by atoms with Crippen molar-refractivity contribution in [1.29, 1.82) is 0 Å². The number of thioether (sulfide) groups is 1. The predicted octanol–water partition coefficient (Wildman–Crippen LogP) is 5.88. The van der Waals surface area contributed by atoms with E-state index >= 15 is 0 Å². The predicted molar refractivity (Wildman–Crippen MR) is 125 cm³/mol. The van der Waals surface area contributed by atoms with Crippen molar-refractivity contribution in [2.75, 3.05) is 18.1 Å². The summed E-state index contributed by atoms with van der Waals surface area (Å²) in [6.07, 6.45) is 2.84. The first-order valence-electron chi connectivity index (χ1n) is 9.57. The van der Waals surface area contributed by atoms with Crippen LogP contribution in [0.5, 0.6) is 0 Å². The molecule has 0 unspecified atom stereocenters. The van der Waals surface area contributed by atoms with Crippen LogP contribution in [0.2, 0.25) is 5.02 Å². The van der Waals surface area contributed by atoms with Gasteiger partial charge in [0.2, 0.25) is 0 Å². The molecular weight excluding hydrogens is 436 g/mol. The summed E-state index contributed by atoms with van der Waals surface area (Å²) in [5.74, 6) is -0.299. The highest BCUT2D eigenvalue weighted by Gasteiger charge is 2.24. The van der Waals surface area contributed by atoms with Crippen molar-refractivity contribution >= 4 is 52.2 Å². The molecule has 4 rings (SSSR count). The van der Waals surface area contributed by atoms with E-state index in [0.29, 0.717) is 34.9 Å². The molecule has 0 saturated carbocycles. The Kier molecular flexibility index (Phi) is 6.18. The van der Waals surface area contributed by atoms with Crippen molar-refractivity contribution in [3.8, 4) is 0 Å². The normalized spacial score (nSPS) is 13.1. The van der Waals surface area contributed by atoms with E-state index in [4.69, 9.17) is 11.6 Å². The molecule has 0 aliphatic carbocycles. The van der Waals surface area contributed by atoms with Crippen molar-refractivity contribution < 1.29 is 9.59 Å². The van der Waals surface area contributed by atoms with E-state index < -0.39 is 0 Å². The Morgan fingerprint density at radius 2 is 2.00 bits per heavy atom. The molecule has 0 bridgehead atoms. The summed E-state index contributed by atoms with van der Waals surface area (Å²) >= 11 is 9.54. The zero-order chi connectivity index (χ0) is 21.3. The molecule has 0 saturated heterocycles. The van der Waals surface area contributed by atoms with Crippen molar-refractivity contribution in [2.24, 2.45) is 0 Å². The smallest absolute Gasteiger partial charge is 0.257 e. The summed E-state index contributed by atoms with van der Waals surface area (Å²) in [5, 5.41) is 5.41. The third kappa shape index (κ3) is 4.13. The first-order chi connectivity index (χ1) is 14.5. The van der Waals surface area contributed by atoms with Crippen LogP contribution < -0.4 is 5.32 Å². The largest absolute Gasteiger partial charge is 0.334 e. The summed E-state index contributed by atoms with van der Waals surface area (Å²) in [4.78, 5) is 30.2. The highest BCUT2D eigenvalue weighted by molar-refractivity contribution is 7.98. The molecule has 3 aromatic rings. The minimum atomic E-state index is -0.288. The molecule has 30 heavy (non-hydrogen) atoms. The first-order valence-corrected chi connectivity index (χ1v) is 12.0. The number of nitrogens with zero attached hydrogens (tertiary/aromatic N) is 1. The SMILES string of the molecule is CSc1ccc(Cl)c(C(=O)Nc2cccc(C(=O)N3CCc4sccc4C3)c2C)c1. The van der Waals surface area contributed by atoms with Gasteiger partial charge < -0.3 is 10.2 Å².